The number of carbonyl (C=O) groups excluding carboxylic acids is 2. The average molecular weight is 410 g/mol. The Morgan fingerprint density at radius 3 is 2.41 bits per heavy atom. The topological polar surface area (TPSA) is 88.9 Å². The van der Waals surface area contributed by atoms with Gasteiger partial charge in [-0.05, 0) is 36.4 Å². The second kappa shape index (κ2) is 9.17. The van der Waals surface area contributed by atoms with Crippen molar-refractivity contribution in [3.63, 3.8) is 0 Å². The van der Waals surface area contributed by atoms with Crippen molar-refractivity contribution in [2.75, 3.05) is 32.3 Å². The van der Waals surface area contributed by atoms with Gasteiger partial charge in [0.25, 0.3) is 0 Å². The lowest BCUT2D eigenvalue weighted by molar-refractivity contribution is -0.149. The molecule has 0 amide bonds. The van der Waals surface area contributed by atoms with Crippen LogP contribution in [0.3, 0.4) is 0 Å². The Morgan fingerprint density at radius 2 is 1.76 bits per heavy atom. The molecule has 0 N–H and O–H groups in total. The van der Waals surface area contributed by atoms with Crippen molar-refractivity contribution < 1.29 is 23.8 Å². The Labute approximate surface area is 172 Å². The van der Waals surface area contributed by atoms with Gasteiger partial charge in [-0.15, -0.1) is 0 Å². The Bertz CT molecular complexity index is 995. The normalized spacial score (nSPS) is 13.9. The Hall–Kier alpha value is -3.44. The molecule has 0 saturated heterocycles. The first kappa shape index (κ1) is 20.3. The summed E-state index contributed by atoms with van der Waals surface area (Å²) in [5, 5.41) is 9.99. The Kier molecular flexibility index (Phi) is 6.42. The van der Waals surface area contributed by atoms with Crippen molar-refractivity contribution in [1.29, 1.82) is 5.26 Å². The fraction of sp³-hybridized carbons (Fsp3) is 0.190. The van der Waals surface area contributed by atoms with Crippen molar-refractivity contribution in [1.82, 2.24) is 0 Å². The predicted octanol–water partition coefficient (Wildman–Crippen LogP) is 3.16. The number of benzene rings is 2. The van der Waals surface area contributed by atoms with Crippen molar-refractivity contribution >= 4 is 29.2 Å². The molecule has 0 aromatic heterocycles. The van der Waals surface area contributed by atoms with Crippen LogP contribution in [-0.4, -0.2) is 39.1 Å². The molecule has 2 aromatic rings. The van der Waals surface area contributed by atoms with Crippen molar-refractivity contribution in [3.05, 3.63) is 59.1 Å². The predicted molar refractivity (Wildman–Crippen MR) is 108 cm³/mol. The van der Waals surface area contributed by atoms with Gasteiger partial charge in [-0.1, -0.05) is 23.9 Å². The van der Waals surface area contributed by atoms with E-state index in [0.29, 0.717) is 16.5 Å². The van der Waals surface area contributed by atoms with Gasteiger partial charge in [0.2, 0.25) is 5.78 Å². The first-order valence-electron chi connectivity index (χ1n) is 8.64. The molecule has 0 spiro atoms. The smallest absolute Gasteiger partial charge is 0.344 e. The number of rotatable bonds is 7. The largest absolute Gasteiger partial charge is 0.497 e. The van der Waals surface area contributed by atoms with E-state index in [1.165, 1.54) is 11.8 Å². The van der Waals surface area contributed by atoms with Gasteiger partial charge in [0, 0.05) is 11.9 Å². The highest BCUT2D eigenvalue weighted by molar-refractivity contribution is 8.03. The third kappa shape index (κ3) is 4.70. The number of esters is 1. The van der Waals surface area contributed by atoms with E-state index in [-0.39, 0.29) is 12.2 Å². The SMILES string of the molecule is COc1ccc(OCC(=O)OCC(=O)/C(C#N)=C2\Sc3ccccc3N2C)cc1. The van der Waals surface area contributed by atoms with Gasteiger partial charge in [-0.3, -0.25) is 4.79 Å². The minimum absolute atomic E-state index is 0.0439. The van der Waals surface area contributed by atoms with Crippen molar-refractivity contribution in [2.24, 2.45) is 0 Å². The summed E-state index contributed by atoms with van der Waals surface area (Å²) in [5.74, 6) is -0.130. The van der Waals surface area contributed by atoms with Gasteiger partial charge >= 0.3 is 5.97 Å². The molecule has 0 unspecified atom stereocenters. The maximum absolute atomic E-state index is 12.5. The van der Waals surface area contributed by atoms with Crippen molar-refractivity contribution in [3.8, 4) is 17.6 Å². The summed E-state index contributed by atoms with van der Waals surface area (Å²) in [6.45, 7) is -0.875. The van der Waals surface area contributed by atoms with Crippen molar-refractivity contribution in [2.45, 2.75) is 4.90 Å². The average Bonchev–Trinajstić information content (AvgIpc) is 3.08. The molecule has 1 heterocycles. The van der Waals surface area contributed by atoms with E-state index in [2.05, 4.69) is 0 Å². The Morgan fingerprint density at radius 1 is 1.07 bits per heavy atom. The molecule has 3 rings (SSSR count). The van der Waals surface area contributed by atoms with Crippen LogP contribution in [0.1, 0.15) is 0 Å². The highest BCUT2D eigenvalue weighted by Crippen LogP contribution is 2.46. The zero-order valence-electron chi connectivity index (χ0n) is 15.9. The molecule has 0 bridgehead atoms. The summed E-state index contributed by atoms with van der Waals surface area (Å²) in [4.78, 5) is 27.1. The number of para-hydroxylation sites is 1. The standard InChI is InChI=1S/C21H18N2O5S/c1-23-17-5-3-4-6-19(17)29-21(23)16(11-22)18(24)12-28-20(25)13-27-15-9-7-14(26-2)8-10-15/h3-10H,12-13H2,1-2H3/b21-16-. The summed E-state index contributed by atoms with van der Waals surface area (Å²) >= 11 is 1.34. The number of fused-ring (bicyclic) bond motifs is 1. The van der Waals surface area contributed by atoms with E-state index in [4.69, 9.17) is 14.2 Å². The van der Waals surface area contributed by atoms with Crippen LogP contribution in [0.15, 0.2) is 64.0 Å². The second-order valence-corrected chi connectivity index (χ2v) is 7.00. The molecule has 0 fully saturated rings. The van der Waals surface area contributed by atoms with E-state index in [9.17, 15) is 14.9 Å². The molecule has 1 aliphatic rings. The maximum atomic E-state index is 12.5. The maximum Gasteiger partial charge on any atom is 0.344 e. The fourth-order valence-corrected chi connectivity index (χ4v) is 3.79. The number of thioether (sulfide) groups is 1. The highest BCUT2D eigenvalue weighted by atomic mass is 32.2. The van der Waals surface area contributed by atoms with Crippen LogP contribution in [-0.2, 0) is 14.3 Å². The molecular formula is C21H18N2O5S. The lowest BCUT2D eigenvalue weighted by Gasteiger charge is -2.14. The van der Waals surface area contributed by atoms with Gasteiger partial charge in [-0.2, -0.15) is 5.26 Å². The lowest BCUT2D eigenvalue weighted by Crippen LogP contribution is -2.22. The molecule has 0 saturated carbocycles. The number of nitrogens with zero attached hydrogens (tertiary/aromatic N) is 2. The number of carbonyl (C=O) groups is 2. The number of anilines is 1. The van der Waals surface area contributed by atoms with E-state index in [1.807, 2.05) is 30.3 Å². The molecule has 8 heteroatoms. The number of Topliss-reactive ketones (excluding diaryl/α,β-unsaturated/α-hetero) is 1. The second-order valence-electron chi connectivity index (χ2n) is 5.97. The lowest BCUT2D eigenvalue weighted by atomic mass is 10.2. The summed E-state index contributed by atoms with van der Waals surface area (Å²) in [6.07, 6.45) is 0. The van der Waals surface area contributed by atoms with Crippen LogP contribution in [0.25, 0.3) is 0 Å². The minimum atomic E-state index is -0.702. The van der Waals surface area contributed by atoms with Gasteiger partial charge in [-0.25, -0.2) is 4.79 Å². The third-order valence-electron chi connectivity index (χ3n) is 4.12. The molecule has 1 aliphatic heterocycles. The summed E-state index contributed by atoms with van der Waals surface area (Å²) in [7, 11) is 3.34. The van der Waals surface area contributed by atoms with E-state index in [0.717, 1.165) is 10.6 Å². The Balaban J connectivity index is 1.56. The van der Waals surface area contributed by atoms with Crippen LogP contribution < -0.4 is 14.4 Å². The number of hydrogen-bond donors (Lipinski definition) is 0. The number of methoxy groups -OCH3 is 1. The monoisotopic (exact) mass is 410 g/mol. The fourth-order valence-electron chi connectivity index (χ4n) is 2.62. The number of ether oxygens (including phenoxy) is 3. The zero-order valence-corrected chi connectivity index (χ0v) is 16.7. The molecule has 0 aliphatic carbocycles. The highest BCUT2D eigenvalue weighted by Gasteiger charge is 2.28. The van der Waals surface area contributed by atoms with Gasteiger partial charge in [0.05, 0.1) is 12.8 Å². The van der Waals surface area contributed by atoms with Gasteiger partial charge < -0.3 is 19.1 Å². The molecule has 2 aromatic carbocycles. The molecule has 7 nitrogen and oxygen atoms in total. The number of nitriles is 1. The zero-order chi connectivity index (χ0) is 20.8. The van der Waals surface area contributed by atoms with E-state index in [1.54, 1.807) is 43.3 Å². The summed E-state index contributed by atoms with van der Waals surface area (Å²) in [5.41, 5.74) is 0.871. The first-order valence-corrected chi connectivity index (χ1v) is 9.45. The van der Waals surface area contributed by atoms with Crippen LogP contribution in [0.2, 0.25) is 0 Å². The van der Waals surface area contributed by atoms with Crippen LogP contribution >= 0.6 is 11.8 Å². The third-order valence-corrected chi connectivity index (χ3v) is 5.36. The first-order chi connectivity index (χ1) is 14.0. The van der Waals surface area contributed by atoms with E-state index < -0.39 is 18.4 Å². The van der Waals surface area contributed by atoms with Gasteiger partial charge in [0.1, 0.15) is 28.2 Å². The summed E-state index contributed by atoms with van der Waals surface area (Å²) < 4.78 is 15.3. The number of ketones is 1. The molecule has 0 radical (unpaired) electrons. The molecule has 148 valence electrons. The molecule has 0 atom stereocenters. The quantitative estimate of drug-likeness (QED) is 0.391. The van der Waals surface area contributed by atoms with Crippen LogP contribution in [0.5, 0.6) is 11.5 Å². The minimum Gasteiger partial charge on any atom is -0.497 e. The van der Waals surface area contributed by atoms with Gasteiger partial charge in [0.15, 0.2) is 13.2 Å². The summed E-state index contributed by atoms with van der Waals surface area (Å²) in [6, 6.07) is 16.2. The van der Waals surface area contributed by atoms with Crippen LogP contribution in [0, 0.1) is 11.3 Å². The van der Waals surface area contributed by atoms with E-state index >= 15 is 0 Å². The van der Waals surface area contributed by atoms with Crippen LogP contribution in [0.4, 0.5) is 5.69 Å². The number of hydrogen-bond acceptors (Lipinski definition) is 8. The molecule has 29 heavy (non-hydrogen) atoms. The molecular weight excluding hydrogens is 392 g/mol.